The molecule has 1 aliphatic heterocycles. The first-order valence-electron chi connectivity index (χ1n) is 13.2. The van der Waals surface area contributed by atoms with Gasteiger partial charge in [0.1, 0.15) is 12.1 Å². The van der Waals surface area contributed by atoms with E-state index in [9.17, 15) is 14.3 Å². The third-order valence-electron chi connectivity index (χ3n) is 6.90. The Morgan fingerprint density at radius 2 is 2.05 bits per heavy atom. The van der Waals surface area contributed by atoms with E-state index in [1.807, 2.05) is 18.0 Å². The molecule has 6 nitrogen and oxygen atoms in total. The van der Waals surface area contributed by atoms with Crippen molar-refractivity contribution in [2.45, 2.75) is 59.6 Å². The Bertz CT molecular complexity index is 1310. The third-order valence-corrected chi connectivity index (χ3v) is 6.90. The first-order chi connectivity index (χ1) is 18.0. The minimum absolute atomic E-state index is 0.0718. The normalized spacial score (nSPS) is 15.1. The largest absolute Gasteiger partial charge is 0.386 e. The molecule has 7 heteroatoms. The van der Waals surface area contributed by atoms with Crippen LogP contribution in [0.25, 0.3) is 16.6 Å². The molecular weight excluding hydrogens is 481 g/mol. The van der Waals surface area contributed by atoms with Crippen molar-refractivity contribution in [2.24, 2.45) is 0 Å². The second-order valence-electron chi connectivity index (χ2n) is 10.4. The topological polar surface area (TPSA) is 65.9 Å². The highest BCUT2D eigenvalue weighted by Gasteiger charge is 2.30. The summed E-state index contributed by atoms with van der Waals surface area (Å²) < 4.78 is 19.8. The highest BCUT2D eigenvalue weighted by molar-refractivity contribution is 5.91. The van der Waals surface area contributed by atoms with Gasteiger partial charge in [-0.25, -0.2) is 9.37 Å². The van der Waals surface area contributed by atoms with Crippen molar-refractivity contribution in [3.05, 3.63) is 57.6 Å². The minimum atomic E-state index is -1.29. The predicted octanol–water partition coefficient (Wildman–Crippen LogP) is 4.85. The van der Waals surface area contributed by atoms with Crippen molar-refractivity contribution in [1.29, 1.82) is 0 Å². The van der Waals surface area contributed by atoms with Crippen LogP contribution in [-0.2, 0) is 16.1 Å². The van der Waals surface area contributed by atoms with Gasteiger partial charge in [-0.15, -0.1) is 0 Å². The fourth-order valence-corrected chi connectivity index (χ4v) is 4.86. The van der Waals surface area contributed by atoms with Crippen molar-refractivity contribution in [2.75, 3.05) is 40.4 Å². The van der Waals surface area contributed by atoms with Gasteiger partial charge < -0.3 is 19.6 Å². The van der Waals surface area contributed by atoms with E-state index in [-0.39, 0.29) is 12.4 Å². The summed E-state index contributed by atoms with van der Waals surface area (Å²) in [6, 6.07) is 3.28. The Balaban J connectivity index is 2.21. The number of ether oxygens (including phenoxy) is 1. The number of aldehydes is 1. The zero-order valence-electron chi connectivity index (χ0n) is 23.7. The molecule has 1 aromatic carbocycles. The maximum atomic E-state index is 14.6. The molecule has 0 bridgehead atoms. The Hall–Kier alpha value is -3.05. The molecule has 1 aliphatic rings. The second kappa shape index (κ2) is 12.7. The summed E-state index contributed by atoms with van der Waals surface area (Å²) in [5.41, 5.74) is 3.80. The fraction of sp³-hybridized carbons (Fsp3) is 0.484. The van der Waals surface area contributed by atoms with Gasteiger partial charge in [-0.2, -0.15) is 0 Å². The van der Waals surface area contributed by atoms with E-state index in [0.717, 1.165) is 54.7 Å². The number of aromatic nitrogens is 1. The lowest BCUT2D eigenvalue weighted by atomic mass is 9.91. The van der Waals surface area contributed by atoms with Gasteiger partial charge in [0, 0.05) is 61.8 Å². The molecule has 0 saturated heterocycles. The number of carbonyl (C=O) groups excluding carboxylic acids is 1. The Morgan fingerprint density at radius 1 is 1.32 bits per heavy atom. The van der Waals surface area contributed by atoms with Crippen LogP contribution in [0.5, 0.6) is 0 Å². The van der Waals surface area contributed by atoms with Gasteiger partial charge in [0.25, 0.3) is 0 Å². The highest BCUT2D eigenvalue weighted by Crippen LogP contribution is 2.38. The molecule has 0 unspecified atom stereocenters. The van der Waals surface area contributed by atoms with Crippen LogP contribution in [0.3, 0.4) is 0 Å². The molecule has 0 fully saturated rings. The predicted molar refractivity (Wildman–Crippen MR) is 151 cm³/mol. The van der Waals surface area contributed by atoms with Gasteiger partial charge in [0.05, 0.1) is 29.1 Å². The molecule has 204 valence electrons. The number of methoxy groups -OCH3 is 1. The van der Waals surface area contributed by atoms with Gasteiger partial charge >= 0.3 is 0 Å². The Kier molecular flexibility index (Phi) is 9.83. The summed E-state index contributed by atoms with van der Waals surface area (Å²) in [6.07, 6.45) is 4.34. The number of carbonyl (C=O) groups is 1. The third kappa shape index (κ3) is 6.50. The number of benzene rings is 1. The molecule has 0 aliphatic carbocycles. The second-order valence-corrected chi connectivity index (χ2v) is 10.4. The van der Waals surface area contributed by atoms with E-state index < -0.39 is 5.60 Å². The molecule has 1 N–H and O–H groups in total. The molecule has 0 radical (unpaired) electrons. The zero-order chi connectivity index (χ0) is 28.0. The first-order valence-corrected chi connectivity index (χ1v) is 13.2. The van der Waals surface area contributed by atoms with E-state index in [0.29, 0.717) is 40.8 Å². The number of nitrogens with zero attached hydrogens (tertiary/aromatic N) is 3. The van der Waals surface area contributed by atoms with Crippen LogP contribution in [0.2, 0.25) is 0 Å². The van der Waals surface area contributed by atoms with E-state index in [2.05, 4.69) is 30.6 Å². The number of hydrogen-bond donors (Lipinski definition) is 1. The molecule has 38 heavy (non-hydrogen) atoms. The lowest BCUT2D eigenvalue weighted by molar-refractivity contribution is -0.105. The molecule has 0 spiro atoms. The number of aliphatic hydroxyl groups is 1. The quantitative estimate of drug-likeness (QED) is 0.274. The number of fused-ring (bicyclic) bond motifs is 2. The SMILES string of the molecule is CCCN(CC)CCC#Cc1c2c(nc3cc(F)c(C)cc13)/C(=C/C(=C(\C=O)COC)C(C)(C)O)N(C)C2. The van der Waals surface area contributed by atoms with Gasteiger partial charge in [0.2, 0.25) is 0 Å². The van der Waals surface area contributed by atoms with Crippen LogP contribution in [0.15, 0.2) is 29.4 Å². The lowest BCUT2D eigenvalue weighted by Gasteiger charge is -2.23. The van der Waals surface area contributed by atoms with Gasteiger partial charge in [-0.3, -0.25) is 4.79 Å². The standard InChI is InChI=1S/C31H40FN3O3/c1-8-13-35(9-2)14-11-10-12-23-24-15-21(3)27(32)17-28(24)33-30-25(23)18-34(6)29(30)16-26(31(4,5)37)22(19-36)20-38-7/h15-17,19,37H,8-9,11,13-14,18,20H2,1-7H3/b26-22-,29-16-. The van der Waals surface area contributed by atoms with E-state index in [1.165, 1.54) is 13.2 Å². The lowest BCUT2D eigenvalue weighted by Crippen LogP contribution is -2.25. The maximum absolute atomic E-state index is 14.6. The molecule has 0 atom stereocenters. The van der Waals surface area contributed by atoms with Crippen molar-refractivity contribution in [1.82, 2.24) is 14.8 Å². The average Bonchev–Trinajstić information content (AvgIpc) is 3.17. The monoisotopic (exact) mass is 521 g/mol. The molecule has 0 amide bonds. The van der Waals surface area contributed by atoms with Crippen molar-refractivity contribution in [3.63, 3.8) is 0 Å². The fourth-order valence-electron chi connectivity index (χ4n) is 4.86. The van der Waals surface area contributed by atoms with Crippen LogP contribution in [-0.4, -0.2) is 72.2 Å². The summed E-state index contributed by atoms with van der Waals surface area (Å²) in [7, 11) is 3.44. The van der Waals surface area contributed by atoms with E-state index in [1.54, 1.807) is 26.8 Å². The number of pyridine rings is 1. The summed E-state index contributed by atoms with van der Waals surface area (Å²) >= 11 is 0. The van der Waals surface area contributed by atoms with Crippen LogP contribution in [0.4, 0.5) is 4.39 Å². The minimum Gasteiger partial charge on any atom is -0.386 e. The van der Waals surface area contributed by atoms with E-state index >= 15 is 0 Å². The van der Waals surface area contributed by atoms with Crippen LogP contribution in [0.1, 0.15) is 62.9 Å². The van der Waals surface area contributed by atoms with Crippen molar-refractivity contribution < 1.29 is 19.0 Å². The molecule has 1 aromatic heterocycles. The first kappa shape index (κ1) is 29.5. The summed E-state index contributed by atoms with van der Waals surface area (Å²) in [5.74, 6) is 6.44. The number of rotatable bonds is 10. The number of hydrogen-bond acceptors (Lipinski definition) is 6. The zero-order valence-corrected chi connectivity index (χ0v) is 23.7. The van der Waals surface area contributed by atoms with Crippen LogP contribution < -0.4 is 0 Å². The molecule has 2 aromatic rings. The van der Waals surface area contributed by atoms with E-state index in [4.69, 9.17) is 9.72 Å². The van der Waals surface area contributed by atoms with Crippen LogP contribution >= 0.6 is 0 Å². The van der Waals surface area contributed by atoms with Gasteiger partial charge in [0.15, 0.2) is 0 Å². The summed E-state index contributed by atoms with van der Waals surface area (Å²) in [6.45, 7) is 12.9. The molecule has 3 rings (SSSR count). The molecule has 0 saturated carbocycles. The van der Waals surface area contributed by atoms with Crippen molar-refractivity contribution >= 4 is 22.9 Å². The average molecular weight is 522 g/mol. The molecule has 2 heterocycles. The summed E-state index contributed by atoms with van der Waals surface area (Å²) in [4.78, 5) is 21.1. The number of aryl methyl sites for hydroxylation is 1. The summed E-state index contributed by atoms with van der Waals surface area (Å²) in [5, 5.41) is 11.7. The smallest absolute Gasteiger partial charge is 0.148 e. The van der Waals surface area contributed by atoms with Gasteiger partial charge in [-0.1, -0.05) is 25.7 Å². The Labute approximate surface area is 226 Å². The maximum Gasteiger partial charge on any atom is 0.148 e. The highest BCUT2D eigenvalue weighted by atomic mass is 19.1. The number of halogens is 1. The van der Waals surface area contributed by atoms with Crippen LogP contribution in [0, 0.1) is 24.6 Å². The molecular formula is C31H40FN3O3. The van der Waals surface area contributed by atoms with Gasteiger partial charge in [-0.05, 0) is 63.6 Å². The van der Waals surface area contributed by atoms with Crippen molar-refractivity contribution in [3.8, 4) is 11.8 Å². The Morgan fingerprint density at radius 3 is 2.66 bits per heavy atom.